The maximum Gasteiger partial charge on any atom is 0.251 e. The fourth-order valence-electron chi connectivity index (χ4n) is 1.36. The van der Waals surface area contributed by atoms with Gasteiger partial charge in [-0.3, -0.25) is 9.59 Å². The standard InChI is InChI=1S/C14H19BrN2O2/c1-4-8-16-12(18)10-6-5-7-11(9-10)17-13(19)14(2,3)15/h5-7,9H,4,8H2,1-3H3,(H,16,18)(H,17,19). The summed E-state index contributed by atoms with van der Waals surface area (Å²) >= 11 is 3.29. The van der Waals surface area contributed by atoms with Gasteiger partial charge in [0.1, 0.15) is 0 Å². The average molecular weight is 327 g/mol. The first kappa shape index (κ1) is 15.7. The zero-order valence-corrected chi connectivity index (χ0v) is 13.0. The summed E-state index contributed by atoms with van der Waals surface area (Å²) in [5.41, 5.74) is 1.15. The third-order valence-electron chi connectivity index (χ3n) is 2.46. The van der Waals surface area contributed by atoms with Crippen molar-refractivity contribution in [3.05, 3.63) is 29.8 Å². The first-order valence-corrected chi connectivity index (χ1v) is 7.02. The first-order chi connectivity index (χ1) is 8.84. The third kappa shape index (κ3) is 5.03. The van der Waals surface area contributed by atoms with Crippen molar-refractivity contribution in [2.75, 3.05) is 11.9 Å². The van der Waals surface area contributed by atoms with Crippen molar-refractivity contribution in [3.8, 4) is 0 Å². The van der Waals surface area contributed by atoms with Crippen molar-refractivity contribution in [1.82, 2.24) is 5.32 Å². The van der Waals surface area contributed by atoms with Gasteiger partial charge in [0.15, 0.2) is 0 Å². The van der Waals surface area contributed by atoms with E-state index in [0.717, 1.165) is 6.42 Å². The summed E-state index contributed by atoms with van der Waals surface area (Å²) in [6, 6.07) is 6.90. The molecule has 0 atom stereocenters. The van der Waals surface area contributed by atoms with Gasteiger partial charge in [0.2, 0.25) is 5.91 Å². The second-order valence-corrected chi connectivity index (χ2v) is 6.75. The zero-order valence-electron chi connectivity index (χ0n) is 11.4. The van der Waals surface area contributed by atoms with Gasteiger partial charge in [-0.2, -0.15) is 0 Å². The van der Waals surface area contributed by atoms with E-state index in [1.54, 1.807) is 38.1 Å². The molecule has 0 aliphatic carbocycles. The molecule has 104 valence electrons. The molecule has 2 amide bonds. The summed E-state index contributed by atoms with van der Waals surface area (Å²) in [5, 5.41) is 5.57. The van der Waals surface area contributed by atoms with Gasteiger partial charge in [-0.15, -0.1) is 0 Å². The Morgan fingerprint density at radius 2 is 2.00 bits per heavy atom. The lowest BCUT2D eigenvalue weighted by Gasteiger charge is -2.16. The summed E-state index contributed by atoms with van der Waals surface area (Å²) in [6.07, 6.45) is 0.889. The lowest BCUT2D eigenvalue weighted by molar-refractivity contribution is -0.117. The molecule has 0 saturated heterocycles. The molecule has 1 rings (SSSR count). The molecule has 5 heteroatoms. The number of anilines is 1. The minimum atomic E-state index is -0.645. The van der Waals surface area contributed by atoms with Crippen LogP contribution in [0.2, 0.25) is 0 Å². The van der Waals surface area contributed by atoms with Crippen LogP contribution in [-0.4, -0.2) is 22.7 Å². The van der Waals surface area contributed by atoms with Crippen LogP contribution in [-0.2, 0) is 4.79 Å². The maximum atomic E-state index is 11.8. The van der Waals surface area contributed by atoms with E-state index in [1.807, 2.05) is 6.92 Å². The van der Waals surface area contributed by atoms with Gasteiger partial charge in [-0.05, 0) is 38.5 Å². The molecular weight excluding hydrogens is 308 g/mol. The van der Waals surface area contributed by atoms with E-state index in [1.165, 1.54) is 0 Å². The van der Waals surface area contributed by atoms with Crippen molar-refractivity contribution >= 4 is 33.4 Å². The number of benzene rings is 1. The largest absolute Gasteiger partial charge is 0.352 e. The second-order valence-electron chi connectivity index (χ2n) is 4.76. The average Bonchev–Trinajstić information content (AvgIpc) is 2.35. The van der Waals surface area contributed by atoms with Crippen molar-refractivity contribution in [2.24, 2.45) is 0 Å². The molecule has 1 aromatic rings. The molecule has 2 N–H and O–H groups in total. The molecule has 0 spiro atoms. The number of alkyl halides is 1. The lowest BCUT2D eigenvalue weighted by atomic mass is 10.1. The van der Waals surface area contributed by atoms with E-state index in [2.05, 4.69) is 26.6 Å². The molecule has 0 aromatic heterocycles. The van der Waals surface area contributed by atoms with Crippen LogP contribution >= 0.6 is 15.9 Å². The van der Waals surface area contributed by atoms with Gasteiger partial charge in [-0.25, -0.2) is 0 Å². The Hall–Kier alpha value is -1.36. The first-order valence-electron chi connectivity index (χ1n) is 6.23. The molecule has 0 aliphatic rings. The number of halogens is 1. The van der Waals surface area contributed by atoms with Crippen molar-refractivity contribution < 1.29 is 9.59 Å². The monoisotopic (exact) mass is 326 g/mol. The van der Waals surface area contributed by atoms with Gasteiger partial charge >= 0.3 is 0 Å². The Labute approximate surface area is 122 Å². The second kappa shape index (κ2) is 6.70. The van der Waals surface area contributed by atoms with E-state index in [0.29, 0.717) is 17.8 Å². The predicted molar refractivity (Wildman–Crippen MR) is 80.7 cm³/mol. The molecule has 0 heterocycles. The van der Waals surface area contributed by atoms with Gasteiger partial charge < -0.3 is 10.6 Å². The van der Waals surface area contributed by atoms with Crippen LogP contribution in [0.25, 0.3) is 0 Å². The van der Waals surface area contributed by atoms with Crippen molar-refractivity contribution in [2.45, 2.75) is 31.5 Å². The maximum absolute atomic E-state index is 11.8. The normalized spacial score (nSPS) is 10.9. The number of carbonyl (C=O) groups is 2. The van der Waals surface area contributed by atoms with Gasteiger partial charge in [0, 0.05) is 17.8 Å². The number of carbonyl (C=O) groups excluding carboxylic acids is 2. The Balaban J connectivity index is 2.77. The summed E-state index contributed by atoms with van der Waals surface area (Å²) in [7, 11) is 0. The van der Waals surface area contributed by atoms with Gasteiger partial charge in [0.25, 0.3) is 5.91 Å². The highest BCUT2D eigenvalue weighted by atomic mass is 79.9. The molecule has 19 heavy (non-hydrogen) atoms. The van der Waals surface area contributed by atoms with E-state index < -0.39 is 4.32 Å². The topological polar surface area (TPSA) is 58.2 Å². The summed E-state index contributed by atoms with van der Waals surface area (Å²) in [4.78, 5) is 23.6. The molecule has 0 radical (unpaired) electrons. The quantitative estimate of drug-likeness (QED) is 0.817. The van der Waals surface area contributed by atoms with Crippen molar-refractivity contribution in [3.63, 3.8) is 0 Å². The fourth-order valence-corrected chi connectivity index (χ4v) is 1.46. The van der Waals surface area contributed by atoms with Crippen LogP contribution in [0, 0.1) is 0 Å². The molecule has 1 aromatic carbocycles. The number of amides is 2. The van der Waals surface area contributed by atoms with E-state index in [9.17, 15) is 9.59 Å². The van der Waals surface area contributed by atoms with E-state index in [4.69, 9.17) is 0 Å². The molecule has 0 fully saturated rings. The highest BCUT2D eigenvalue weighted by Gasteiger charge is 2.23. The Morgan fingerprint density at radius 3 is 2.58 bits per heavy atom. The Bertz CT molecular complexity index is 467. The molecule has 0 aliphatic heterocycles. The summed E-state index contributed by atoms with van der Waals surface area (Å²) in [6.45, 7) is 6.17. The summed E-state index contributed by atoms with van der Waals surface area (Å²) < 4.78 is -0.645. The molecule has 4 nitrogen and oxygen atoms in total. The molecule has 0 unspecified atom stereocenters. The molecular formula is C14H19BrN2O2. The smallest absolute Gasteiger partial charge is 0.251 e. The van der Waals surface area contributed by atoms with E-state index in [-0.39, 0.29) is 11.8 Å². The zero-order chi connectivity index (χ0) is 14.5. The van der Waals surface area contributed by atoms with Crippen molar-refractivity contribution in [1.29, 1.82) is 0 Å². The molecule has 0 saturated carbocycles. The fraction of sp³-hybridized carbons (Fsp3) is 0.429. The lowest BCUT2D eigenvalue weighted by Crippen LogP contribution is -2.31. The number of hydrogen-bond acceptors (Lipinski definition) is 2. The Morgan fingerprint density at radius 1 is 1.32 bits per heavy atom. The predicted octanol–water partition coefficient (Wildman–Crippen LogP) is 2.94. The minimum absolute atomic E-state index is 0.129. The number of nitrogens with one attached hydrogen (secondary N) is 2. The van der Waals surface area contributed by atoms with Crippen LogP contribution < -0.4 is 10.6 Å². The number of rotatable bonds is 5. The molecule has 0 bridgehead atoms. The highest BCUT2D eigenvalue weighted by molar-refractivity contribution is 9.10. The van der Waals surface area contributed by atoms with Crippen LogP contribution in [0.15, 0.2) is 24.3 Å². The summed E-state index contributed by atoms with van der Waals surface area (Å²) in [5.74, 6) is -0.283. The van der Waals surface area contributed by atoms with Crippen LogP contribution in [0.5, 0.6) is 0 Å². The van der Waals surface area contributed by atoms with Crippen LogP contribution in [0.3, 0.4) is 0 Å². The number of hydrogen-bond donors (Lipinski definition) is 2. The third-order valence-corrected chi connectivity index (χ3v) is 2.82. The van der Waals surface area contributed by atoms with E-state index >= 15 is 0 Å². The minimum Gasteiger partial charge on any atom is -0.352 e. The van der Waals surface area contributed by atoms with Gasteiger partial charge in [0.05, 0.1) is 4.32 Å². The highest BCUT2D eigenvalue weighted by Crippen LogP contribution is 2.19. The SMILES string of the molecule is CCCNC(=O)c1cccc(NC(=O)C(C)(C)Br)c1. The van der Waals surface area contributed by atoms with Crippen LogP contribution in [0.4, 0.5) is 5.69 Å². The Kier molecular flexibility index (Phi) is 5.54. The van der Waals surface area contributed by atoms with Gasteiger partial charge in [-0.1, -0.05) is 28.9 Å². The van der Waals surface area contributed by atoms with Crippen LogP contribution in [0.1, 0.15) is 37.6 Å².